The minimum absolute atomic E-state index is 0.0366. The van der Waals surface area contributed by atoms with Crippen LogP contribution in [-0.2, 0) is 18.8 Å². The van der Waals surface area contributed by atoms with Gasteiger partial charge in [-0.2, -0.15) is 11.8 Å². The lowest BCUT2D eigenvalue weighted by molar-refractivity contribution is 0.406. The highest BCUT2D eigenvalue weighted by atomic mass is 32.2. The van der Waals surface area contributed by atoms with Crippen LogP contribution in [0.15, 0.2) is 40.8 Å². The van der Waals surface area contributed by atoms with E-state index < -0.39 is 0 Å². The lowest BCUT2D eigenvalue weighted by atomic mass is 10.4. The summed E-state index contributed by atoms with van der Waals surface area (Å²) in [6.45, 7) is 2.20. The second kappa shape index (κ2) is 10.0. The van der Waals surface area contributed by atoms with Gasteiger partial charge >= 0.3 is 0 Å². The smallest absolute Gasteiger partial charge is 0.255 e. The number of hydrogen-bond acceptors (Lipinski definition) is 8. The van der Waals surface area contributed by atoms with E-state index in [9.17, 15) is 4.79 Å². The molecular formula is C18H23N5OS3. The largest absolute Gasteiger partial charge is 0.355 e. The molecule has 9 heteroatoms. The van der Waals surface area contributed by atoms with Crippen LogP contribution < -0.4 is 10.9 Å². The first kappa shape index (κ1) is 20.1. The molecule has 0 aliphatic heterocycles. The summed E-state index contributed by atoms with van der Waals surface area (Å²) < 4.78 is 1.71. The molecule has 27 heavy (non-hydrogen) atoms. The Bertz CT molecular complexity index is 889. The number of nitrogens with one attached hydrogen (secondary N) is 1. The van der Waals surface area contributed by atoms with Crippen LogP contribution in [0.1, 0.15) is 14.8 Å². The van der Waals surface area contributed by atoms with Gasteiger partial charge in [0.25, 0.3) is 5.56 Å². The predicted octanol–water partition coefficient (Wildman–Crippen LogP) is 3.22. The van der Waals surface area contributed by atoms with Crippen LogP contribution in [0.2, 0.25) is 0 Å². The van der Waals surface area contributed by atoms with Gasteiger partial charge in [0.2, 0.25) is 5.95 Å². The van der Waals surface area contributed by atoms with Gasteiger partial charge in [-0.1, -0.05) is 0 Å². The molecule has 0 radical (unpaired) electrons. The van der Waals surface area contributed by atoms with Crippen molar-refractivity contribution in [3.05, 3.63) is 61.1 Å². The third-order valence-corrected chi connectivity index (χ3v) is 6.66. The molecule has 0 saturated carbocycles. The summed E-state index contributed by atoms with van der Waals surface area (Å²) in [7, 11) is 4.11. The maximum Gasteiger partial charge on any atom is 0.255 e. The Labute approximate surface area is 171 Å². The van der Waals surface area contributed by atoms with Crippen molar-refractivity contribution < 1.29 is 0 Å². The van der Waals surface area contributed by atoms with Crippen molar-refractivity contribution in [1.29, 1.82) is 0 Å². The summed E-state index contributed by atoms with van der Waals surface area (Å²) in [4.78, 5) is 25.6. The molecule has 144 valence electrons. The minimum atomic E-state index is -0.0366. The third kappa shape index (κ3) is 6.17. The summed E-state index contributed by atoms with van der Waals surface area (Å²) in [5.41, 5.74) is -0.0366. The molecule has 0 aliphatic rings. The van der Waals surface area contributed by atoms with Crippen molar-refractivity contribution in [1.82, 2.24) is 19.4 Å². The van der Waals surface area contributed by atoms with Crippen molar-refractivity contribution >= 4 is 40.4 Å². The van der Waals surface area contributed by atoms with Gasteiger partial charge < -0.3 is 10.2 Å². The van der Waals surface area contributed by atoms with Gasteiger partial charge in [-0.25, -0.2) is 9.97 Å². The average molecular weight is 422 g/mol. The normalized spacial score (nSPS) is 11.2. The van der Waals surface area contributed by atoms with Gasteiger partial charge in [0.15, 0.2) is 0 Å². The Morgan fingerprint density at radius 3 is 2.81 bits per heavy atom. The van der Waals surface area contributed by atoms with E-state index in [1.54, 1.807) is 33.4 Å². The SMILES string of the molecule is CN(C)Cc1ccc(Cn2c(NCCSCc3nccs3)nccc2=O)s1. The molecule has 0 fully saturated rings. The first-order valence-corrected chi connectivity index (χ1v) is 11.4. The van der Waals surface area contributed by atoms with E-state index in [1.165, 1.54) is 10.9 Å². The zero-order valence-electron chi connectivity index (χ0n) is 15.4. The fourth-order valence-electron chi connectivity index (χ4n) is 2.51. The van der Waals surface area contributed by atoms with E-state index in [4.69, 9.17) is 0 Å². The number of anilines is 1. The molecule has 0 bridgehead atoms. The summed E-state index contributed by atoms with van der Waals surface area (Å²) in [5.74, 6) is 2.47. The van der Waals surface area contributed by atoms with Crippen LogP contribution in [0, 0.1) is 0 Å². The van der Waals surface area contributed by atoms with Gasteiger partial charge in [0, 0.05) is 58.2 Å². The fraction of sp³-hybridized carbons (Fsp3) is 0.389. The van der Waals surface area contributed by atoms with Crippen molar-refractivity contribution in [2.45, 2.75) is 18.8 Å². The Balaban J connectivity index is 1.57. The van der Waals surface area contributed by atoms with Crippen LogP contribution in [0.25, 0.3) is 0 Å². The van der Waals surface area contributed by atoms with Gasteiger partial charge in [-0.3, -0.25) is 9.36 Å². The maximum absolute atomic E-state index is 12.3. The second-order valence-corrected chi connectivity index (χ2v) is 9.54. The number of thiophene rings is 1. The summed E-state index contributed by atoms with van der Waals surface area (Å²) in [6.07, 6.45) is 3.40. The molecule has 0 spiro atoms. The molecule has 3 heterocycles. The summed E-state index contributed by atoms with van der Waals surface area (Å²) >= 11 is 5.23. The maximum atomic E-state index is 12.3. The molecule has 0 atom stereocenters. The number of thiazole rings is 1. The summed E-state index contributed by atoms with van der Waals surface area (Å²) in [6, 6.07) is 5.73. The predicted molar refractivity (Wildman–Crippen MR) is 116 cm³/mol. The Morgan fingerprint density at radius 1 is 1.19 bits per heavy atom. The van der Waals surface area contributed by atoms with E-state index in [0.29, 0.717) is 12.5 Å². The molecule has 0 amide bonds. The first-order valence-electron chi connectivity index (χ1n) is 8.60. The van der Waals surface area contributed by atoms with Crippen LogP contribution in [0.5, 0.6) is 0 Å². The molecule has 0 aromatic carbocycles. The van der Waals surface area contributed by atoms with Crippen LogP contribution in [0.3, 0.4) is 0 Å². The molecule has 3 rings (SSSR count). The highest BCUT2D eigenvalue weighted by Gasteiger charge is 2.08. The topological polar surface area (TPSA) is 63.1 Å². The second-order valence-electron chi connectivity index (χ2n) is 6.20. The van der Waals surface area contributed by atoms with Gasteiger partial charge in [-0.05, 0) is 26.2 Å². The standard InChI is InChI=1S/C18H23N5OS3/c1-22(2)11-14-3-4-15(27-14)12-23-17(24)5-6-20-18(23)21-7-9-25-13-16-19-8-10-26-16/h3-6,8,10H,7,9,11-13H2,1-2H3,(H,20,21). The van der Waals surface area contributed by atoms with Crippen molar-refractivity contribution in [3.63, 3.8) is 0 Å². The fourth-order valence-corrected chi connectivity index (χ4v) is 5.20. The van der Waals surface area contributed by atoms with E-state index >= 15 is 0 Å². The quantitative estimate of drug-likeness (QED) is 0.507. The van der Waals surface area contributed by atoms with E-state index in [1.807, 2.05) is 23.3 Å². The van der Waals surface area contributed by atoms with Crippen molar-refractivity contribution in [3.8, 4) is 0 Å². The molecule has 3 aromatic rings. The molecular weight excluding hydrogens is 398 g/mol. The summed E-state index contributed by atoms with van der Waals surface area (Å²) in [5, 5.41) is 6.44. The van der Waals surface area contributed by atoms with Gasteiger partial charge in [0.1, 0.15) is 5.01 Å². The molecule has 0 saturated heterocycles. The minimum Gasteiger partial charge on any atom is -0.355 e. The van der Waals surface area contributed by atoms with E-state index in [0.717, 1.165) is 34.5 Å². The number of hydrogen-bond donors (Lipinski definition) is 1. The Morgan fingerprint density at radius 2 is 2.04 bits per heavy atom. The Kier molecular flexibility index (Phi) is 7.45. The molecule has 3 aromatic heterocycles. The third-order valence-electron chi connectivity index (χ3n) is 3.68. The lowest BCUT2D eigenvalue weighted by Gasteiger charge is -2.12. The van der Waals surface area contributed by atoms with E-state index in [2.05, 4.69) is 46.4 Å². The highest BCUT2D eigenvalue weighted by Crippen LogP contribution is 2.19. The molecule has 6 nitrogen and oxygen atoms in total. The number of rotatable bonds is 10. The van der Waals surface area contributed by atoms with Gasteiger partial charge in [-0.15, -0.1) is 22.7 Å². The highest BCUT2D eigenvalue weighted by molar-refractivity contribution is 7.98. The molecule has 0 unspecified atom stereocenters. The van der Waals surface area contributed by atoms with Crippen LogP contribution in [0.4, 0.5) is 5.95 Å². The number of nitrogens with zero attached hydrogens (tertiary/aromatic N) is 4. The zero-order valence-corrected chi connectivity index (χ0v) is 17.9. The first-order chi connectivity index (χ1) is 13.1. The van der Waals surface area contributed by atoms with Gasteiger partial charge in [0.05, 0.1) is 6.54 Å². The van der Waals surface area contributed by atoms with Crippen molar-refractivity contribution in [2.24, 2.45) is 0 Å². The van der Waals surface area contributed by atoms with Crippen LogP contribution >= 0.6 is 34.4 Å². The zero-order chi connectivity index (χ0) is 19.1. The number of thioether (sulfide) groups is 1. The van der Waals surface area contributed by atoms with Crippen LogP contribution in [-0.4, -0.2) is 45.8 Å². The number of aromatic nitrogens is 3. The van der Waals surface area contributed by atoms with E-state index in [-0.39, 0.29) is 5.56 Å². The van der Waals surface area contributed by atoms with Crippen molar-refractivity contribution in [2.75, 3.05) is 31.7 Å². The Hall–Kier alpha value is -1.68. The average Bonchev–Trinajstić information content (AvgIpc) is 3.29. The lowest BCUT2D eigenvalue weighted by Crippen LogP contribution is -2.24. The molecule has 0 aliphatic carbocycles. The monoisotopic (exact) mass is 421 g/mol. The molecule has 1 N–H and O–H groups in total.